The molecule has 3 rings (SSSR count). The molecular weight excluding hydrogens is 350 g/mol. The monoisotopic (exact) mass is 371 g/mol. The lowest BCUT2D eigenvalue weighted by molar-refractivity contribution is -0.389. The van der Waals surface area contributed by atoms with Crippen molar-refractivity contribution in [2.24, 2.45) is 0 Å². The number of carbonyl (C=O) groups excluding carboxylic acids is 1. The molecule has 0 bridgehead atoms. The second kappa shape index (κ2) is 8.03. The standard InChI is InChI=1S/C19H21N3O5/c1-13-7-3-4-8-15(13)26-12-6-5-11-21-18-16(27-14(2)19(21)23)9-10-17(20-18)22(24)25/h3-4,7-10,14H,5-6,11-12H2,1-2H3. The Balaban J connectivity index is 1.62. The third kappa shape index (κ3) is 4.16. The molecule has 0 spiro atoms. The number of carbonyl (C=O) groups is 1. The minimum absolute atomic E-state index is 0.201. The molecule has 1 aliphatic rings. The zero-order valence-corrected chi connectivity index (χ0v) is 15.3. The highest BCUT2D eigenvalue weighted by Gasteiger charge is 2.36. The summed E-state index contributed by atoms with van der Waals surface area (Å²) in [6.07, 6.45) is 0.759. The van der Waals surface area contributed by atoms with Crippen LogP contribution >= 0.6 is 0 Å². The summed E-state index contributed by atoms with van der Waals surface area (Å²) < 4.78 is 11.3. The number of ether oxygens (including phenoxy) is 2. The van der Waals surface area contributed by atoms with Crippen LogP contribution in [0.4, 0.5) is 11.6 Å². The van der Waals surface area contributed by atoms with Gasteiger partial charge in [-0.15, -0.1) is 0 Å². The largest absolute Gasteiger partial charge is 0.493 e. The number of para-hydroxylation sites is 1. The molecule has 1 atom stereocenters. The highest BCUT2D eigenvalue weighted by atomic mass is 16.6. The van der Waals surface area contributed by atoms with Crippen LogP contribution in [0.2, 0.25) is 0 Å². The fourth-order valence-corrected chi connectivity index (χ4v) is 2.87. The van der Waals surface area contributed by atoms with E-state index in [1.165, 1.54) is 17.0 Å². The van der Waals surface area contributed by atoms with Crippen molar-refractivity contribution in [2.45, 2.75) is 32.8 Å². The first kappa shape index (κ1) is 18.6. The van der Waals surface area contributed by atoms with Gasteiger partial charge >= 0.3 is 5.82 Å². The molecule has 1 aromatic carbocycles. The SMILES string of the molecule is Cc1ccccc1OCCCCN1C(=O)C(C)Oc2ccc([N+](=O)[O-])nc21. The second-order valence-corrected chi connectivity index (χ2v) is 6.32. The molecule has 2 aromatic rings. The fraction of sp³-hybridized carbons (Fsp3) is 0.368. The minimum Gasteiger partial charge on any atom is -0.493 e. The van der Waals surface area contributed by atoms with Crippen molar-refractivity contribution in [3.8, 4) is 11.5 Å². The van der Waals surface area contributed by atoms with Crippen LogP contribution in [-0.4, -0.2) is 35.1 Å². The minimum atomic E-state index is -0.649. The zero-order chi connectivity index (χ0) is 19.4. The Kier molecular flexibility index (Phi) is 5.54. The molecule has 1 aromatic heterocycles. The van der Waals surface area contributed by atoms with E-state index in [-0.39, 0.29) is 17.5 Å². The quantitative estimate of drug-likeness (QED) is 0.421. The van der Waals surface area contributed by atoms with Crippen molar-refractivity contribution in [1.82, 2.24) is 4.98 Å². The maximum atomic E-state index is 12.5. The van der Waals surface area contributed by atoms with E-state index in [1.807, 2.05) is 31.2 Å². The highest BCUT2D eigenvalue weighted by molar-refractivity contribution is 5.98. The van der Waals surface area contributed by atoms with E-state index >= 15 is 0 Å². The number of aryl methyl sites for hydroxylation is 1. The maximum absolute atomic E-state index is 12.5. The van der Waals surface area contributed by atoms with Gasteiger partial charge in [-0.1, -0.05) is 18.2 Å². The number of nitro groups is 1. The van der Waals surface area contributed by atoms with Gasteiger partial charge in [0.1, 0.15) is 5.75 Å². The Bertz CT molecular complexity index is 855. The number of nitrogens with zero attached hydrogens (tertiary/aromatic N) is 3. The van der Waals surface area contributed by atoms with Crippen molar-refractivity contribution in [3.63, 3.8) is 0 Å². The predicted octanol–water partition coefficient (Wildman–Crippen LogP) is 3.27. The molecule has 8 heteroatoms. The smallest absolute Gasteiger partial charge is 0.366 e. The molecule has 0 saturated heterocycles. The molecule has 2 heterocycles. The Morgan fingerprint density at radius 3 is 2.78 bits per heavy atom. The van der Waals surface area contributed by atoms with Gasteiger partial charge in [0.2, 0.25) is 0 Å². The fourth-order valence-electron chi connectivity index (χ4n) is 2.87. The van der Waals surface area contributed by atoms with Gasteiger partial charge in [0.15, 0.2) is 11.9 Å². The van der Waals surface area contributed by atoms with Crippen molar-refractivity contribution in [3.05, 3.63) is 52.1 Å². The first-order valence-corrected chi connectivity index (χ1v) is 8.79. The normalized spacial score (nSPS) is 15.9. The summed E-state index contributed by atoms with van der Waals surface area (Å²) in [6.45, 7) is 4.55. The summed E-state index contributed by atoms with van der Waals surface area (Å²) in [5.74, 6) is 0.857. The van der Waals surface area contributed by atoms with Gasteiger partial charge in [0.25, 0.3) is 11.7 Å². The molecule has 8 nitrogen and oxygen atoms in total. The number of hydrogen-bond acceptors (Lipinski definition) is 6. The average molecular weight is 371 g/mol. The van der Waals surface area contributed by atoms with Gasteiger partial charge in [0.05, 0.1) is 6.61 Å². The topological polar surface area (TPSA) is 94.8 Å². The molecule has 1 amide bonds. The Morgan fingerprint density at radius 2 is 2.04 bits per heavy atom. The lowest BCUT2D eigenvalue weighted by Crippen LogP contribution is -2.45. The molecule has 0 radical (unpaired) electrons. The van der Waals surface area contributed by atoms with E-state index in [4.69, 9.17) is 9.47 Å². The lowest BCUT2D eigenvalue weighted by atomic mass is 10.2. The third-order valence-corrected chi connectivity index (χ3v) is 4.31. The van der Waals surface area contributed by atoms with Gasteiger partial charge in [0, 0.05) is 12.6 Å². The van der Waals surface area contributed by atoms with Gasteiger partial charge in [-0.25, -0.2) is 0 Å². The molecule has 27 heavy (non-hydrogen) atoms. The Hall–Kier alpha value is -3.16. The molecule has 0 fully saturated rings. The van der Waals surface area contributed by atoms with E-state index in [0.29, 0.717) is 25.3 Å². The van der Waals surface area contributed by atoms with Crippen molar-refractivity contribution in [2.75, 3.05) is 18.1 Å². The van der Waals surface area contributed by atoms with Gasteiger partial charge in [-0.3, -0.25) is 9.69 Å². The van der Waals surface area contributed by atoms with E-state index < -0.39 is 11.0 Å². The lowest BCUT2D eigenvalue weighted by Gasteiger charge is -2.29. The van der Waals surface area contributed by atoms with Crippen LogP contribution in [0.5, 0.6) is 11.5 Å². The highest BCUT2D eigenvalue weighted by Crippen LogP contribution is 2.34. The number of aromatic nitrogens is 1. The average Bonchev–Trinajstić information content (AvgIpc) is 2.65. The van der Waals surface area contributed by atoms with Crippen LogP contribution in [0.25, 0.3) is 0 Å². The van der Waals surface area contributed by atoms with Crippen LogP contribution in [-0.2, 0) is 4.79 Å². The molecular formula is C19H21N3O5. The number of benzene rings is 1. The number of unbranched alkanes of at least 4 members (excludes halogenated alkanes) is 1. The molecule has 1 unspecified atom stereocenters. The molecule has 1 aliphatic heterocycles. The Labute approximate surface area is 156 Å². The summed E-state index contributed by atoms with van der Waals surface area (Å²) in [7, 11) is 0. The molecule has 0 aliphatic carbocycles. The van der Waals surface area contributed by atoms with Crippen LogP contribution in [0.15, 0.2) is 36.4 Å². The van der Waals surface area contributed by atoms with Crippen molar-refractivity contribution in [1.29, 1.82) is 0 Å². The van der Waals surface area contributed by atoms with Crippen LogP contribution in [0, 0.1) is 17.0 Å². The summed E-state index contributed by atoms with van der Waals surface area (Å²) in [6, 6.07) is 10.5. The zero-order valence-electron chi connectivity index (χ0n) is 15.3. The van der Waals surface area contributed by atoms with E-state index in [2.05, 4.69) is 4.98 Å². The van der Waals surface area contributed by atoms with Crippen LogP contribution < -0.4 is 14.4 Å². The summed E-state index contributed by atoms with van der Waals surface area (Å²) in [5, 5.41) is 11.0. The molecule has 142 valence electrons. The van der Waals surface area contributed by atoms with E-state index in [9.17, 15) is 14.9 Å². The van der Waals surface area contributed by atoms with E-state index in [0.717, 1.165) is 17.7 Å². The van der Waals surface area contributed by atoms with Gasteiger partial charge < -0.3 is 19.6 Å². The van der Waals surface area contributed by atoms with E-state index in [1.54, 1.807) is 6.92 Å². The summed E-state index contributed by atoms with van der Waals surface area (Å²) in [5.41, 5.74) is 1.07. The van der Waals surface area contributed by atoms with Crippen molar-refractivity contribution < 1.29 is 19.2 Å². The van der Waals surface area contributed by atoms with Crippen LogP contribution in [0.1, 0.15) is 25.3 Å². The van der Waals surface area contributed by atoms with Gasteiger partial charge in [-0.05, 0) is 54.3 Å². The maximum Gasteiger partial charge on any atom is 0.366 e. The number of anilines is 1. The number of fused-ring (bicyclic) bond motifs is 1. The first-order chi connectivity index (χ1) is 13.0. The molecule has 0 saturated carbocycles. The number of rotatable bonds is 7. The summed E-state index contributed by atoms with van der Waals surface area (Å²) >= 11 is 0. The second-order valence-electron chi connectivity index (χ2n) is 6.32. The number of amides is 1. The first-order valence-electron chi connectivity index (χ1n) is 8.79. The number of hydrogen-bond donors (Lipinski definition) is 0. The van der Waals surface area contributed by atoms with Crippen molar-refractivity contribution >= 4 is 17.5 Å². The predicted molar refractivity (Wildman–Crippen MR) is 99.2 cm³/mol. The number of pyridine rings is 1. The van der Waals surface area contributed by atoms with Gasteiger partial charge in [-0.2, -0.15) is 0 Å². The third-order valence-electron chi connectivity index (χ3n) is 4.31. The Morgan fingerprint density at radius 1 is 1.26 bits per heavy atom. The summed E-state index contributed by atoms with van der Waals surface area (Å²) in [4.78, 5) is 28.3. The molecule has 0 N–H and O–H groups in total. The van der Waals surface area contributed by atoms with Crippen LogP contribution in [0.3, 0.4) is 0 Å².